The molecule has 0 spiro atoms. The Kier molecular flexibility index (Phi) is 3.43. The Morgan fingerprint density at radius 2 is 1.67 bits per heavy atom. The van der Waals surface area contributed by atoms with Gasteiger partial charge in [-0.25, -0.2) is 14.2 Å². The summed E-state index contributed by atoms with van der Waals surface area (Å²) in [5.41, 5.74) is 1.65. The monoisotopic (exact) mass is 317 g/mol. The molecule has 4 heteroatoms. The summed E-state index contributed by atoms with van der Waals surface area (Å²) in [5, 5.41) is 2.01. The molecule has 0 N–H and O–H groups in total. The number of halogens is 1. The molecule has 0 saturated carbocycles. The van der Waals surface area contributed by atoms with Gasteiger partial charge >= 0.3 is 5.97 Å². The van der Waals surface area contributed by atoms with Crippen LogP contribution in [0, 0.1) is 5.82 Å². The number of benzene rings is 3. The lowest BCUT2D eigenvalue weighted by atomic mass is 10.0. The van der Waals surface area contributed by atoms with E-state index < -0.39 is 5.97 Å². The van der Waals surface area contributed by atoms with Gasteiger partial charge in [-0.15, -0.1) is 0 Å². The third-order valence-electron chi connectivity index (χ3n) is 3.81. The number of fused-ring (bicyclic) bond motifs is 1. The van der Waals surface area contributed by atoms with Crippen LogP contribution in [0.15, 0.2) is 77.4 Å². The van der Waals surface area contributed by atoms with E-state index in [4.69, 9.17) is 4.74 Å². The molecule has 0 aromatic heterocycles. The Balaban J connectivity index is 1.77. The van der Waals surface area contributed by atoms with Crippen molar-refractivity contribution in [2.24, 2.45) is 4.99 Å². The highest BCUT2D eigenvalue weighted by Crippen LogP contribution is 2.24. The molecule has 3 nitrogen and oxygen atoms in total. The number of esters is 1. The van der Waals surface area contributed by atoms with Crippen molar-refractivity contribution in [3.05, 3.63) is 89.4 Å². The highest BCUT2D eigenvalue weighted by molar-refractivity contribution is 6.17. The Morgan fingerprint density at radius 1 is 0.917 bits per heavy atom. The third kappa shape index (κ3) is 2.58. The summed E-state index contributed by atoms with van der Waals surface area (Å²) in [6.07, 6.45) is 1.58. The van der Waals surface area contributed by atoms with Crippen LogP contribution in [0.3, 0.4) is 0 Å². The summed E-state index contributed by atoms with van der Waals surface area (Å²) in [6, 6.07) is 19.4. The molecular weight excluding hydrogens is 305 g/mol. The largest absolute Gasteiger partial charge is 0.402 e. The Labute approximate surface area is 137 Å². The SMILES string of the molecule is O=C1OC(c2cccc3ccccc23)=NC1=Cc1ccc(F)cc1. The molecule has 3 aromatic rings. The number of nitrogens with zero attached hydrogens (tertiary/aromatic N) is 1. The quantitative estimate of drug-likeness (QED) is 0.521. The average molecular weight is 317 g/mol. The van der Waals surface area contributed by atoms with Crippen molar-refractivity contribution in [1.82, 2.24) is 0 Å². The molecule has 3 aromatic carbocycles. The molecule has 116 valence electrons. The molecule has 0 amide bonds. The van der Waals surface area contributed by atoms with E-state index in [-0.39, 0.29) is 17.4 Å². The van der Waals surface area contributed by atoms with Crippen molar-refractivity contribution in [2.45, 2.75) is 0 Å². The molecule has 0 radical (unpaired) electrons. The van der Waals surface area contributed by atoms with Crippen LogP contribution in [0.2, 0.25) is 0 Å². The normalized spacial score (nSPS) is 15.6. The number of hydrogen-bond acceptors (Lipinski definition) is 3. The predicted octanol–water partition coefficient (Wildman–Crippen LogP) is 4.32. The number of aliphatic imine (C=N–C) groups is 1. The lowest BCUT2D eigenvalue weighted by Crippen LogP contribution is -2.05. The van der Waals surface area contributed by atoms with Crippen LogP contribution >= 0.6 is 0 Å². The summed E-state index contributed by atoms with van der Waals surface area (Å²) in [4.78, 5) is 16.4. The molecular formula is C20H12FNO2. The van der Waals surface area contributed by atoms with Gasteiger partial charge in [-0.05, 0) is 40.6 Å². The van der Waals surface area contributed by atoms with Gasteiger partial charge in [-0.2, -0.15) is 0 Å². The zero-order chi connectivity index (χ0) is 16.5. The maximum atomic E-state index is 13.0. The van der Waals surface area contributed by atoms with Crippen LogP contribution in [0.1, 0.15) is 11.1 Å². The van der Waals surface area contributed by atoms with E-state index in [1.807, 2.05) is 42.5 Å². The highest BCUT2D eigenvalue weighted by Gasteiger charge is 2.25. The van der Waals surface area contributed by atoms with Crippen molar-refractivity contribution >= 4 is 28.7 Å². The minimum atomic E-state index is -0.512. The van der Waals surface area contributed by atoms with Gasteiger partial charge in [-0.1, -0.05) is 48.5 Å². The van der Waals surface area contributed by atoms with Gasteiger partial charge in [-0.3, -0.25) is 0 Å². The molecule has 0 atom stereocenters. The van der Waals surface area contributed by atoms with Crippen LogP contribution in [0.25, 0.3) is 16.8 Å². The Bertz CT molecular complexity index is 998. The molecule has 0 fully saturated rings. The number of carbonyl (C=O) groups is 1. The Hall–Kier alpha value is -3.27. The summed E-state index contributed by atoms with van der Waals surface area (Å²) in [5.74, 6) is -0.557. The number of rotatable bonds is 2. The molecule has 0 bridgehead atoms. The summed E-state index contributed by atoms with van der Waals surface area (Å²) < 4.78 is 18.3. The number of carbonyl (C=O) groups excluding carboxylic acids is 1. The van der Waals surface area contributed by atoms with Crippen LogP contribution in [0.4, 0.5) is 4.39 Å². The minimum absolute atomic E-state index is 0.199. The number of hydrogen-bond donors (Lipinski definition) is 0. The molecule has 1 aliphatic heterocycles. The fourth-order valence-corrected chi connectivity index (χ4v) is 2.65. The first-order chi connectivity index (χ1) is 11.7. The van der Waals surface area contributed by atoms with E-state index in [1.165, 1.54) is 12.1 Å². The second-order valence-corrected chi connectivity index (χ2v) is 5.41. The van der Waals surface area contributed by atoms with Gasteiger partial charge in [0, 0.05) is 5.56 Å². The first-order valence-electron chi connectivity index (χ1n) is 7.47. The number of ether oxygens (including phenoxy) is 1. The third-order valence-corrected chi connectivity index (χ3v) is 3.81. The second-order valence-electron chi connectivity index (χ2n) is 5.41. The first-order valence-corrected chi connectivity index (χ1v) is 7.47. The van der Waals surface area contributed by atoms with E-state index in [9.17, 15) is 9.18 Å². The molecule has 0 saturated heterocycles. The summed E-state index contributed by atoms with van der Waals surface area (Å²) in [7, 11) is 0. The smallest absolute Gasteiger partial charge is 0.363 e. The topological polar surface area (TPSA) is 38.7 Å². The van der Waals surface area contributed by atoms with Crippen molar-refractivity contribution in [3.63, 3.8) is 0 Å². The van der Waals surface area contributed by atoms with E-state index in [0.717, 1.165) is 16.3 Å². The fraction of sp³-hybridized carbons (Fsp3) is 0. The summed E-state index contributed by atoms with van der Waals surface area (Å²) in [6.45, 7) is 0. The van der Waals surface area contributed by atoms with Crippen molar-refractivity contribution in [1.29, 1.82) is 0 Å². The Morgan fingerprint density at radius 3 is 2.50 bits per heavy atom. The zero-order valence-corrected chi connectivity index (χ0v) is 12.6. The van der Waals surface area contributed by atoms with Crippen LogP contribution in [-0.4, -0.2) is 11.9 Å². The number of cyclic esters (lactones) is 1. The molecule has 24 heavy (non-hydrogen) atoms. The van der Waals surface area contributed by atoms with Gasteiger partial charge in [0.1, 0.15) is 5.82 Å². The minimum Gasteiger partial charge on any atom is -0.402 e. The maximum absolute atomic E-state index is 13.0. The van der Waals surface area contributed by atoms with E-state index in [0.29, 0.717) is 5.56 Å². The lowest BCUT2D eigenvalue weighted by molar-refractivity contribution is -0.129. The van der Waals surface area contributed by atoms with Crippen LogP contribution < -0.4 is 0 Å². The van der Waals surface area contributed by atoms with E-state index >= 15 is 0 Å². The first kappa shape index (κ1) is 14.3. The average Bonchev–Trinajstić information content (AvgIpc) is 2.97. The highest BCUT2D eigenvalue weighted by atomic mass is 19.1. The zero-order valence-electron chi connectivity index (χ0n) is 12.6. The van der Waals surface area contributed by atoms with E-state index in [2.05, 4.69) is 4.99 Å². The van der Waals surface area contributed by atoms with Crippen molar-refractivity contribution in [3.8, 4) is 0 Å². The second kappa shape index (κ2) is 5.74. The maximum Gasteiger partial charge on any atom is 0.363 e. The molecule has 0 unspecified atom stereocenters. The predicted molar refractivity (Wildman–Crippen MR) is 91.0 cm³/mol. The molecule has 1 aliphatic rings. The molecule has 0 aliphatic carbocycles. The molecule has 4 rings (SSSR count). The lowest BCUT2D eigenvalue weighted by Gasteiger charge is -2.04. The van der Waals surface area contributed by atoms with Crippen LogP contribution in [-0.2, 0) is 9.53 Å². The van der Waals surface area contributed by atoms with Gasteiger partial charge in [0.15, 0.2) is 5.70 Å². The van der Waals surface area contributed by atoms with Crippen LogP contribution in [0.5, 0.6) is 0 Å². The van der Waals surface area contributed by atoms with Crippen molar-refractivity contribution < 1.29 is 13.9 Å². The van der Waals surface area contributed by atoms with Crippen molar-refractivity contribution in [2.75, 3.05) is 0 Å². The van der Waals surface area contributed by atoms with Gasteiger partial charge in [0.05, 0.1) is 0 Å². The molecule has 1 heterocycles. The summed E-state index contributed by atoms with van der Waals surface area (Å²) >= 11 is 0. The fourth-order valence-electron chi connectivity index (χ4n) is 2.65. The van der Waals surface area contributed by atoms with Gasteiger partial charge in [0.25, 0.3) is 0 Å². The van der Waals surface area contributed by atoms with Gasteiger partial charge < -0.3 is 4.74 Å². The van der Waals surface area contributed by atoms with E-state index in [1.54, 1.807) is 18.2 Å². The van der Waals surface area contributed by atoms with Gasteiger partial charge in [0.2, 0.25) is 5.90 Å². The standard InChI is InChI=1S/C20H12FNO2/c21-15-10-8-13(9-11-15)12-18-20(23)24-19(22-18)17-7-3-5-14-4-1-2-6-16(14)17/h1-12H.